The van der Waals surface area contributed by atoms with Crippen LogP contribution in [0, 0.1) is 0 Å². The third-order valence-electron chi connectivity index (χ3n) is 5.66. The van der Waals surface area contributed by atoms with E-state index in [0.717, 1.165) is 17.7 Å². The summed E-state index contributed by atoms with van der Waals surface area (Å²) in [6, 6.07) is 11.1. The molecule has 3 amide bonds. The lowest BCUT2D eigenvalue weighted by Gasteiger charge is -2.34. The Kier molecular flexibility index (Phi) is 5.05. The molecule has 0 bridgehead atoms. The van der Waals surface area contributed by atoms with Crippen molar-refractivity contribution in [2.75, 3.05) is 31.1 Å². The fourth-order valence-electron chi connectivity index (χ4n) is 4.09. The molecule has 2 aliphatic heterocycles. The molecule has 150 valence electrons. The molecule has 7 heteroatoms. The highest BCUT2D eigenvalue weighted by atomic mass is 16.2. The minimum absolute atomic E-state index is 0.0221. The molecular weight excluding hydrogens is 368 g/mol. The molecule has 1 saturated heterocycles. The average molecular weight is 392 g/mol. The van der Waals surface area contributed by atoms with Crippen molar-refractivity contribution in [3.63, 3.8) is 0 Å². The van der Waals surface area contributed by atoms with E-state index in [2.05, 4.69) is 4.98 Å². The van der Waals surface area contributed by atoms with Gasteiger partial charge in [0.15, 0.2) is 0 Å². The molecule has 1 aromatic carbocycles. The van der Waals surface area contributed by atoms with Crippen LogP contribution in [0.4, 0.5) is 5.69 Å². The Morgan fingerprint density at radius 1 is 0.966 bits per heavy atom. The van der Waals surface area contributed by atoms with E-state index in [0.29, 0.717) is 31.7 Å². The Labute approximate surface area is 169 Å². The van der Waals surface area contributed by atoms with E-state index in [1.165, 1.54) is 13.1 Å². The Morgan fingerprint density at radius 2 is 1.66 bits per heavy atom. The molecule has 0 spiro atoms. The number of fused-ring (bicyclic) bond motifs is 1. The first kappa shape index (κ1) is 19.1. The van der Waals surface area contributed by atoms with E-state index in [1.807, 2.05) is 31.2 Å². The van der Waals surface area contributed by atoms with Crippen molar-refractivity contribution in [2.45, 2.75) is 26.3 Å². The summed E-state index contributed by atoms with van der Waals surface area (Å²) in [6.07, 6.45) is 2.32. The molecule has 1 atom stereocenters. The van der Waals surface area contributed by atoms with Gasteiger partial charge in [0, 0.05) is 56.6 Å². The molecule has 0 saturated carbocycles. The standard InChI is InChI=1S/C22H24N4O3/c1-15-13-17-5-3-4-6-20(17)26(15)22(29)19-14-18(7-8-23-19)21(28)25-11-9-24(10-12-25)16(2)27/h3-8,14-15H,9-13H2,1-2H3. The quantitative estimate of drug-likeness (QED) is 0.783. The van der Waals surface area contributed by atoms with Gasteiger partial charge in [0.2, 0.25) is 5.91 Å². The molecule has 1 unspecified atom stereocenters. The number of aromatic nitrogens is 1. The SMILES string of the molecule is CC(=O)N1CCN(C(=O)c2ccnc(C(=O)N3c4ccccc4CC3C)c2)CC1. The predicted molar refractivity (Wildman–Crippen MR) is 109 cm³/mol. The minimum atomic E-state index is -0.196. The number of pyridine rings is 1. The van der Waals surface area contributed by atoms with E-state index >= 15 is 0 Å². The fraction of sp³-hybridized carbons (Fsp3) is 0.364. The Bertz CT molecular complexity index is 966. The molecular formula is C22H24N4O3. The maximum Gasteiger partial charge on any atom is 0.277 e. The molecule has 2 aliphatic rings. The van der Waals surface area contributed by atoms with Gasteiger partial charge in [0.05, 0.1) is 0 Å². The summed E-state index contributed by atoms with van der Waals surface area (Å²) in [5, 5.41) is 0. The molecule has 1 aromatic heterocycles. The van der Waals surface area contributed by atoms with Gasteiger partial charge in [0.25, 0.3) is 11.8 Å². The van der Waals surface area contributed by atoms with Gasteiger partial charge in [0.1, 0.15) is 5.69 Å². The molecule has 0 radical (unpaired) electrons. The number of nitrogens with zero attached hydrogens (tertiary/aromatic N) is 4. The number of carbonyl (C=O) groups is 3. The zero-order chi connectivity index (χ0) is 20.5. The van der Waals surface area contributed by atoms with Crippen LogP contribution in [0.15, 0.2) is 42.6 Å². The predicted octanol–water partition coefficient (Wildman–Crippen LogP) is 1.98. The summed E-state index contributed by atoms with van der Waals surface area (Å²) in [7, 11) is 0. The second kappa shape index (κ2) is 7.66. The van der Waals surface area contributed by atoms with Crippen LogP contribution in [0.2, 0.25) is 0 Å². The van der Waals surface area contributed by atoms with Crippen molar-refractivity contribution < 1.29 is 14.4 Å². The second-order valence-electron chi connectivity index (χ2n) is 7.59. The summed E-state index contributed by atoms with van der Waals surface area (Å²) in [6.45, 7) is 5.58. The number of anilines is 1. The minimum Gasteiger partial charge on any atom is -0.339 e. The molecule has 0 N–H and O–H groups in total. The van der Waals surface area contributed by atoms with Gasteiger partial charge in [-0.1, -0.05) is 18.2 Å². The lowest BCUT2D eigenvalue weighted by Crippen LogP contribution is -2.50. The van der Waals surface area contributed by atoms with Gasteiger partial charge in [-0.3, -0.25) is 19.4 Å². The number of para-hydroxylation sites is 1. The van der Waals surface area contributed by atoms with Crippen LogP contribution in [0.25, 0.3) is 0 Å². The highest BCUT2D eigenvalue weighted by Crippen LogP contribution is 2.32. The van der Waals surface area contributed by atoms with E-state index in [4.69, 9.17) is 0 Å². The smallest absolute Gasteiger partial charge is 0.277 e. The number of hydrogen-bond acceptors (Lipinski definition) is 4. The van der Waals surface area contributed by atoms with Crippen molar-refractivity contribution >= 4 is 23.4 Å². The van der Waals surface area contributed by atoms with Crippen molar-refractivity contribution in [1.29, 1.82) is 0 Å². The molecule has 1 fully saturated rings. The molecule has 0 aliphatic carbocycles. The number of amides is 3. The Hall–Kier alpha value is -3.22. The van der Waals surface area contributed by atoms with Gasteiger partial charge in [-0.2, -0.15) is 0 Å². The van der Waals surface area contributed by atoms with Crippen LogP contribution in [0.1, 0.15) is 40.3 Å². The first-order chi connectivity index (χ1) is 14.0. The summed E-state index contributed by atoms with van der Waals surface area (Å²) in [5.74, 6) is -0.313. The monoisotopic (exact) mass is 392 g/mol. The van der Waals surface area contributed by atoms with Crippen LogP contribution in [0.5, 0.6) is 0 Å². The maximum atomic E-state index is 13.2. The van der Waals surface area contributed by atoms with Crippen LogP contribution in [-0.4, -0.2) is 64.7 Å². The molecule has 4 rings (SSSR count). The number of rotatable bonds is 2. The summed E-state index contributed by atoms with van der Waals surface area (Å²) in [4.78, 5) is 47.0. The number of benzene rings is 1. The van der Waals surface area contributed by atoms with Gasteiger partial charge in [-0.25, -0.2) is 0 Å². The summed E-state index contributed by atoms with van der Waals surface area (Å²) >= 11 is 0. The highest BCUT2D eigenvalue weighted by molar-refractivity contribution is 6.07. The van der Waals surface area contributed by atoms with Crippen LogP contribution >= 0.6 is 0 Å². The molecule has 7 nitrogen and oxygen atoms in total. The van der Waals surface area contributed by atoms with E-state index in [-0.39, 0.29) is 29.5 Å². The maximum absolute atomic E-state index is 13.2. The first-order valence-corrected chi connectivity index (χ1v) is 9.88. The molecule has 3 heterocycles. The van der Waals surface area contributed by atoms with Crippen molar-refractivity contribution in [3.05, 3.63) is 59.4 Å². The van der Waals surface area contributed by atoms with Crippen molar-refractivity contribution in [2.24, 2.45) is 0 Å². The number of hydrogen-bond donors (Lipinski definition) is 0. The van der Waals surface area contributed by atoms with Gasteiger partial charge in [-0.05, 0) is 37.1 Å². The van der Waals surface area contributed by atoms with Gasteiger partial charge >= 0.3 is 0 Å². The molecule has 2 aromatic rings. The highest BCUT2D eigenvalue weighted by Gasteiger charge is 2.32. The summed E-state index contributed by atoms with van der Waals surface area (Å²) in [5.41, 5.74) is 2.76. The van der Waals surface area contributed by atoms with Crippen molar-refractivity contribution in [3.8, 4) is 0 Å². The van der Waals surface area contributed by atoms with Crippen LogP contribution in [-0.2, 0) is 11.2 Å². The van der Waals surface area contributed by atoms with Crippen molar-refractivity contribution in [1.82, 2.24) is 14.8 Å². The topological polar surface area (TPSA) is 73.8 Å². The lowest BCUT2D eigenvalue weighted by atomic mass is 10.1. The average Bonchev–Trinajstić information content (AvgIpc) is 3.08. The van der Waals surface area contributed by atoms with Crippen LogP contribution < -0.4 is 4.90 Å². The van der Waals surface area contributed by atoms with E-state index in [1.54, 1.807) is 26.8 Å². The third kappa shape index (κ3) is 3.60. The van der Waals surface area contributed by atoms with E-state index < -0.39 is 0 Å². The normalized spacial score (nSPS) is 18.6. The zero-order valence-corrected chi connectivity index (χ0v) is 16.7. The van der Waals surface area contributed by atoms with E-state index in [9.17, 15) is 14.4 Å². The van der Waals surface area contributed by atoms with Gasteiger partial charge in [-0.15, -0.1) is 0 Å². The van der Waals surface area contributed by atoms with Crippen LogP contribution in [0.3, 0.4) is 0 Å². The molecule has 29 heavy (non-hydrogen) atoms. The third-order valence-corrected chi connectivity index (χ3v) is 5.66. The summed E-state index contributed by atoms with van der Waals surface area (Å²) < 4.78 is 0. The number of carbonyl (C=O) groups excluding carboxylic acids is 3. The van der Waals surface area contributed by atoms with Gasteiger partial charge < -0.3 is 14.7 Å². The second-order valence-corrected chi connectivity index (χ2v) is 7.59. The number of piperazine rings is 1. The zero-order valence-electron chi connectivity index (χ0n) is 16.7. The fourth-order valence-corrected chi connectivity index (χ4v) is 4.09. The largest absolute Gasteiger partial charge is 0.339 e. The lowest BCUT2D eigenvalue weighted by molar-refractivity contribution is -0.130. The Morgan fingerprint density at radius 3 is 2.38 bits per heavy atom. The first-order valence-electron chi connectivity index (χ1n) is 9.88. The Balaban J connectivity index is 1.53.